The van der Waals surface area contributed by atoms with Crippen LogP contribution in [0.1, 0.15) is 5.82 Å². The molecule has 0 saturated carbocycles. The molecule has 0 aliphatic heterocycles. The summed E-state index contributed by atoms with van der Waals surface area (Å²) in [5.74, 6) is -0.103. The lowest BCUT2D eigenvalue weighted by Crippen LogP contribution is -1.95. The Kier molecular flexibility index (Phi) is 4.31. The predicted octanol–water partition coefficient (Wildman–Crippen LogP) is 4.29. The number of para-hydroxylation sites is 2. The summed E-state index contributed by atoms with van der Waals surface area (Å²) in [5.41, 5.74) is 1.56. The number of benzene rings is 2. The standard InChI is InChI=1S/C17H12FN3OS/c18-12-5-1-4-8-16(12)23-10-15(22)11(9-19)17-20-13-6-2-3-7-14(13)21-17/h1-8,22H,10H2,(H,20,21)/b15-11-. The van der Waals surface area contributed by atoms with Crippen LogP contribution in [0.2, 0.25) is 0 Å². The first kappa shape index (κ1) is 15.1. The number of nitriles is 1. The Balaban J connectivity index is 1.87. The van der Waals surface area contributed by atoms with E-state index in [1.54, 1.807) is 18.2 Å². The van der Waals surface area contributed by atoms with Gasteiger partial charge in [-0.15, -0.1) is 11.8 Å². The number of nitrogens with one attached hydrogen (secondary N) is 1. The van der Waals surface area contributed by atoms with Crippen molar-refractivity contribution in [2.24, 2.45) is 0 Å². The number of H-pyrrole nitrogens is 1. The molecule has 0 aliphatic rings. The van der Waals surface area contributed by atoms with Crippen LogP contribution in [0.15, 0.2) is 59.2 Å². The third kappa shape index (κ3) is 3.20. The van der Waals surface area contributed by atoms with Crippen LogP contribution in [0.25, 0.3) is 16.6 Å². The van der Waals surface area contributed by atoms with Crippen LogP contribution >= 0.6 is 11.8 Å². The Labute approximate surface area is 136 Å². The molecule has 4 nitrogen and oxygen atoms in total. The van der Waals surface area contributed by atoms with Gasteiger partial charge in [-0.2, -0.15) is 5.26 Å². The van der Waals surface area contributed by atoms with Gasteiger partial charge in [0.25, 0.3) is 0 Å². The average molecular weight is 325 g/mol. The first-order valence-corrected chi connectivity index (χ1v) is 7.82. The molecule has 0 aliphatic carbocycles. The number of allylic oxidation sites excluding steroid dienone is 1. The minimum atomic E-state index is -0.354. The fourth-order valence-corrected chi connectivity index (χ4v) is 2.92. The molecule has 2 aromatic carbocycles. The van der Waals surface area contributed by atoms with Crippen molar-refractivity contribution < 1.29 is 9.50 Å². The van der Waals surface area contributed by atoms with Crippen molar-refractivity contribution >= 4 is 28.4 Å². The number of fused-ring (bicyclic) bond motifs is 1. The van der Waals surface area contributed by atoms with Crippen molar-refractivity contribution in [3.63, 3.8) is 0 Å². The number of aromatic nitrogens is 2. The highest BCUT2D eigenvalue weighted by Crippen LogP contribution is 2.26. The highest BCUT2D eigenvalue weighted by atomic mass is 32.2. The molecule has 0 amide bonds. The van der Waals surface area contributed by atoms with E-state index in [9.17, 15) is 14.8 Å². The van der Waals surface area contributed by atoms with Gasteiger partial charge >= 0.3 is 0 Å². The van der Waals surface area contributed by atoms with Crippen molar-refractivity contribution in [1.82, 2.24) is 9.97 Å². The summed E-state index contributed by atoms with van der Waals surface area (Å²) in [6, 6.07) is 15.6. The van der Waals surface area contributed by atoms with Crippen LogP contribution in [0.3, 0.4) is 0 Å². The van der Waals surface area contributed by atoms with Gasteiger partial charge in [0.05, 0.1) is 16.8 Å². The summed E-state index contributed by atoms with van der Waals surface area (Å²) in [5, 5.41) is 19.5. The maximum Gasteiger partial charge on any atom is 0.152 e. The molecule has 0 spiro atoms. The van der Waals surface area contributed by atoms with E-state index in [2.05, 4.69) is 9.97 Å². The van der Waals surface area contributed by atoms with Crippen LogP contribution < -0.4 is 0 Å². The minimum absolute atomic E-state index is 0.0602. The molecule has 1 aromatic heterocycles. The van der Waals surface area contributed by atoms with E-state index < -0.39 is 0 Å². The smallest absolute Gasteiger partial charge is 0.152 e. The normalized spacial score (nSPS) is 12.0. The quantitative estimate of drug-likeness (QED) is 0.426. The topological polar surface area (TPSA) is 72.7 Å². The second-order valence-corrected chi connectivity index (χ2v) is 5.77. The summed E-state index contributed by atoms with van der Waals surface area (Å²) < 4.78 is 13.6. The number of imidazole rings is 1. The number of rotatable bonds is 4. The van der Waals surface area contributed by atoms with Gasteiger partial charge in [0.15, 0.2) is 5.82 Å². The number of thioether (sulfide) groups is 1. The third-order valence-corrected chi connectivity index (χ3v) is 4.29. The van der Waals surface area contributed by atoms with Gasteiger partial charge in [-0.3, -0.25) is 0 Å². The zero-order valence-electron chi connectivity index (χ0n) is 12.0. The Morgan fingerprint density at radius 3 is 2.70 bits per heavy atom. The molecule has 0 saturated heterocycles. The van der Waals surface area contributed by atoms with E-state index in [4.69, 9.17) is 0 Å². The number of nitrogens with zero attached hydrogens (tertiary/aromatic N) is 2. The van der Waals surface area contributed by atoms with Gasteiger partial charge in [-0.25, -0.2) is 9.37 Å². The highest BCUT2D eigenvalue weighted by molar-refractivity contribution is 7.99. The number of aliphatic hydroxyl groups is 1. The molecule has 0 atom stereocenters. The molecule has 0 radical (unpaired) electrons. The van der Waals surface area contributed by atoms with Gasteiger partial charge in [0.2, 0.25) is 0 Å². The summed E-state index contributed by atoms with van der Waals surface area (Å²) in [6.45, 7) is 0. The molecule has 6 heteroatoms. The predicted molar refractivity (Wildman–Crippen MR) is 88.4 cm³/mol. The monoisotopic (exact) mass is 325 g/mol. The van der Waals surface area contributed by atoms with Crippen molar-refractivity contribution in [3.8, 4) is 6.07 Å². The van der Waals surface area contributed by atoms with Crippen LogP contribution in [0.5, 0.6) is 0 Å². The lowest BCUT2D eigenvalue weighted by Gasteiger charge is -2.04. The van der Waals surface area contributed by atoms with Crippen molar-refractivity contribution in [2.75, 3.05) is 5.75 Å². The van der Waals surface area contributed by atoms with E-state index in [1.807, 2.05) is 30.3 Å². The number of hydrogen-bond donors (Lipinski definition) is 2. The minimum Gasteiger partial charge on any atom is -0.510 e. The number of halogens is 1. The first-order valence-electron chi connectivity index (χ1n) is 6.83. The maximum absolute atomic E-state index is 13.6. The fourth-order valence-electron chi connectivity index (χ4n) is 2.11. The van der Waals surface area contributed by atoms with Gasteiger partial charge in [-0.05, 0) is 24.3 Å². The first-order chi connectivity index (χ1) is 11.2. The highest BCUT2D eigenvalue weighted by Gasteiger charge is 2.14. The van der Waals surface area contributed by atoms with Crippen LogP contribution in [-0.2, 0) is 0 Å². The molecule has 2 N–H and O–H groups in total. The molecular formula is C17H12FN3OS. The van der Waals surface area contributed by atoms with Crippen LogP contribution in [-0.4, -0.2) is 20.8 Å². The Bertz CT molecular complexity index is 894. The van der Waals surface area contributed by atoms with E-state index in [0.717, 1.165) is 17.3 Å². The summed E-state index contributed by atoms with van der Waals surface area (Å²) in [6.07, 6.45) is 0. The second-order valence-electron chi connectivity index (χ2n) is 4.76. The van der Waals surface area contributed by atoms with Crippen LogP contribution in [0, 0.1) is 17.1 Å². The molecule has 0 unspecified atom stereocenters. The number of aromatic amines is 1. The summed E-state index contributed by atoms with van der Waals surface area (Å²) in [4.78, 5) is 7.72. The van der Waals surface area contributed by atoms with Gasteiger partial charge in [-0.1, -0.05) is 24.3 Å². The lowest BCUT2D eigenvalue weighted by atomic mass is 10.2. The Hall–Kier alpha value is -2.78. The SMILES string of the molecule is N#C/C(=C(/O)CSc1ccccc1F)c1nc2ccccc2[nH]1. The zero-order chi connectivity index (χ0) is 16.2. The second kappa shape index (κ2) is 6.55. The van der Waals surface area contributed by atoms with Crippen molar-refractivity contribution in [1.29, 1.82) is 5.26 Å². The van der Waals surface area contributed by atoms with Gasteiger partial charge < -0.3 is 10.1 Å². The van der Waals surface area contributed by atoms with Crippen molar-refractivity contribution in [2.45, 2.75) is 4.90 Å². The maximum atomic E-state index is 13.6. The third-order valence-electron chi connectivity index (χ3n) is 3.23. The summed E-state index contributed by atoms with van der Waals surface area (Å²) in [7, 11) is 0. The van der Waals surface area contributed by atoms with Crippen LogP contribution in [0.4, 0.5) is 4.39 Å². The summed E-state index contributed by atoms with van der Waals surface area (Å²) >= 11 is 1.12. The van der Waals surface area contributed by atoms with E-state index >= 15 is 0 Å². The number of aliphatic hydroxyl groups excluding tert-OH is 1. The molecular weight excluding hydrogens is 313 g/mol. The van der Waals surface area contributed by atoms with E-state index in [-0.39, 0.29) is 22.9 Å². The molecule has 3 aromatic rings. The zero-order valence-corrected chi connectivity index (χ0v) is 12.8. The van der Waals surface area contributed by atoms with Gasteiger partial charge in [0.1, 0.15) is 23.2 Å². The Morgan fingerprint density at radius 2 is 1.96 bits per heavy atom. The van der Waals surface area contributed by atoms with E-state index in [0.29, 0.717) is 16.2 Å². The molecule has 0 bridgehead atoms. The lowest BCUT2D eigenvalue weighted by molar-refractivity contribution is 0.420. The molecule has 23 heavy (non-hydrogen) atoms. The van der Waals surface area contributed by atoms with E-state index in [1.165, 1.54) is 6.07 Å². The Morgan fingerprint density at radius 1 is 1.22 bits per heavy atom. The fraction of sp³-hybridized carbons (Fsp3) is 0.0588. The average Bonchev–Trinajstić information content (AvgIpc) is 2.98. The van der Waals surface area contributed by atoms with Crippen molar-refractivity contribution in [3.05, 3.63) is 65.9 Å². The molecule has 3 rings (SSSR count). The van der Waals surface area contributed by atoms with Gasteiger partial charge in [0, 0.05) is 4.90 Å². The molecule has 114 valence electrons. The largest absolute Gasteiger partial charge is 0.510 e. The number of hydrogen-bond acceptors (Lipinski definition) is 4. The molecule has 0 fully saturated rings. The molecule has 1 heterocycles.